The fourth-order valence-electron chi connectivity index (χ4n) is 3.70. The summed E-state index contributed by atoms with van der Waals surface area (Å²) in [7, 11) is 0. The molecule has 0 aliphatic carbocycles. The SMILES string of the molecule is Cc1nccc(-c2c(Cc3ccc(C)c(C)c3)nc3cc(CNC(C)(C)C)ccn23)n1. The van der Waals surface area contributed by atoms with Gasteiger partial charge in [0.1, 0.15) is 11.5 Å². The summed E-state index contributed by atoms with van der Waals surface area (Å²) in [5.41, 5.74) is 9.06. The molecule has 0 saturated heterocycles. The first-order valence-corrected chi connectivity index (χ1v) is 10.8. The standard InChI is InChI=1S/C26H31N5/c1-17-7-8-20(13-18(17)2)14-23-25(22-9-11-27-19(3)29-22)31-12-10-21(15-24(31)30-23)16-28-26(4,5)6/h7-13,15,28H,14,16H2,1-6H3. The highest BCUT2D eigenvalue weighted by Crippen LogP contribution is 2.27. The smallest absolute Gasteiger partial charge is 0.137 e. The summed E-state index contributed by atoms with van der Waals surface area (Å²) in [6, 6.07) is 12.9. The van der Waals surface area contributed by atoms with E-state index in [2.05, 4.69) is 85.8 Å². The zero-order valence-electron chi connectivity index (χ0n) is 19.3. The largest absolute Gasteiger partial charge is 0.308 e. The van der Waals surface area contributed by atoms with Crippen LogP contribution >= 0.6 is 0 Å². The summed E-state index contributed by atoms with van der Waals surface area (Å²) in [4.78, 5) is 14.0. The summed E-state index contributed by atoms with van der Waals surface area (Å²) in [6.45, 7) is 13.6. The molecule has 31 heavy (non-hydrogen) atoms. The Kier molecular flexibility index (Phi) is 5.63. The topological polar surface area (TPSA) is 55.1 Å². The van der Waals surface area contributed by atoms with Crippen LogP contribution in [0.15, 0.2) is 48.8 Å². The maximum Gasteiger partial charge on any atom is 0.137 e. The highest BCUT2D eigenvalue weighted by Gasteiger charge is 2.17. The van der Waals surface area contributed by atoms with E-state index in [0.29, 0.717) is 0 Å². The Morgan fingerprint density at radius 3 is 2.42 bits per heavy atom. The van der Waals surface area contributed by atoms with Gasteiger partial charge in [-0.2, -0.15) is 0 Å². The van der Waals surface area contributed by atoms with Crippen molar-refractivity contribution in [2.45, 2.75) is 60.0 Å². The molecule has 1 aromatic carbocycles. The minimum Gasteiger partial charge on any atom is -0.308 e. The Labute approximate surface area is 184 Å². The van der Waals surface area contributed by atoms with Crippen LogP contribution in [-0.2, 0) is 13.0 Å². The fourth-order valence-corrected chi connectivity index (χ4v) is 3.70. The monoisotopic (exact) mass is 413 g/mol. The number of nitrogens with one attached hydrogen (secondary N) is 1. The van der Waals surface area contributed by atoms with E-state index in [-0.39, 0.29) is 5.54 Å². The van der Waals surface area contributed by atoms with Crippen molar-refractivity contribution in [2.24, 2.45) is 0 Å². The Morgan fingerprint density at radius 2 is 1.71 bits per heavy atom. The molecule has 0 aliphatic heterocycles. The Bertz CT molecular complexity index is 1230. The highest BCUT2D eigenvalue weighted by molar-refractivity contribution is 5.65. The van der Waals surface area contributed by atoms with Gasteiger partial charge in [-0.25, -0.2) is 15.0 Å². The van der Waals surface area contributed by atoms with E-state index in [0.717, 1.165) is 41.5 Å². The number of hydrogen-bond acceptors (Lipinski definition) is 4. The van der Waals surface area contributed by atoms with Crippen LogP contribution in [-0.4, -0.2) is 24.9 Å². The molecule has 0 aliphatic rings. The van der Waals surface area contributed by atoms with E-state index < -0.39 is 0 Å². The molecule has 4 aromatic rings. The first kappa shape index (κ1) is 21.2. The van der Waals surface area contributed by atoms with Crippen LogP contribution in [0.2, 0.25) is 0 Å². The van der Waals surface area contributed by atoms with Gasteiger partial charge < -0.3 is 5.32 Å². The molecule has 5 heteroatoms. The Hall–Kier alpha value is -3.05. The van der Waals surface area contributed by atoms with Crippen molar-refractivity contribution in [1.29, 1.82) is 0 Å². The second-order valence-corrected chi connectivity index (χ2v) is 9.36. The van der Waals surface area contributed by atoms with Gasteiger partial charge in [0.25, 0.3) is 0 Å². The average Bonchev–Trinajstić information content (AvgIpc) is 3.05. The van der Waals surface area contributed by atoms with E-state index in [4.69, 9.17) is 9.97 Å². The molecule has 0 amide bonds. The Morgan fingerprint density at radius 1 is 0.903 bits per heavy atom. The van der Waals surface area contributed by atoms with E-state index in [1.807, 2.05) is 19.2 Å². The molecule has 0 saturated carbocycles. The lowest BCUT2D eigenvalue weighted by Crippen LogP contribution is -2.35. The third-order valence-electron chi connectivity index (χ3n) is 5.55. The highest BCUT2D eigenvalue weighted by atomic mass is 15.0. The molecule has 0 radical (unpaired) electrons. The second kappa shape index (κ2) is 8.23. The predicted molar refractivity (Wildman–Crippen MR) is 126 cm³/mol. The van der Waals surface area contributed by atoms with Crippen molar-refractivity contribution in [3.63, 3.8) is 0 Å². The minimum absolute atomic E-state index is 0.0691. The molecule has 160 valence electrons. The summed E-state index contributed by atoms with van der Waals surface area (Å²) < 4.78 is 2.15. The number of benzene rings is 1. The minimum atomic E-state index is 0.0691. The number of hydrogen-bond donors (Lipinski definition) is 1. The molecule has 0 spiro atoms. The van der Waals surface area contributed by atoms with E-state index >= 15 is 0 Å². The number of pyridine rings is 1. The van der Waals surface area contributed by atoms with Gasteiger partial charge in [0.15, 0.2) is 0 Å². The van der Waals surface area contributed by atoms with Crippen LogP contribution in [0.25, 0.3) is 17.0 Å². The van der Waals surface area contributed by atoms with Crippen LogP contribution < -0.4 is 5.32 Å². The van der Waals surface area contributed by atoms with Crippen molar-refractivity contribution in [1.82, 2.24) is 24.7 Å². The van der Waals surface area contributed by atoms with E-state index in [1.54, 1.807) is 0 Å². The maximum atomic E-state index is 5.05. The second-order valence-electron chi connectivity index (χ2n) is 9.36. The van der Waals surface area contributed by atoms with E-state index in [1.165, 1.54) is 22.3 Å². The average molecular weight is 414 g/mol. The molecule has 0 fully saturated rings. The van der Waals surface area contributed by atoms with E-state index in [9.17, 15) is 0 Å². The molecule has 3 aromatic heterocycles. The van der Waals surface area contributed by atoms with Gasteiger partial charge in [0.2, 0.25) is 0 Å². The molecular formula is C26H31N5. The molecule has 3 heterocycles. The first-order chi connectivity index (χ1) is 14.7. The lowest BCUT2D eigenvalue weighted by Gasteiger charge is -2.20. The number of nitrogens with zero attached hydrogens (tertiary/aromatic N) is 4. The van der Waals surface area contributed by atoms with Gasteiger partial charge in [-0.3, -0.25) is 4.40 Å². The number of aryl methyl sites for hydroxylation is 3. The van der Waals surface area contributed by atoms with Crippen LogP contribution in [0.4, 0.5) is 0 Å². The van der Waals surface area contributed by atoms with Crippen LogP contribution in [0.3, 0.4) is 0 Å². The van der Waals surface area contributed by atoms with Crippen LogP contribution in [0.5, 0.6) is 0 Å². The van der Waals surface area contributed by atoms with Crippen molar-refractivity contribution in [3.05, 3.63) is 82.6 Å². The number of imidazole rings is 1. The van der Waals surface area contributed by atoms with Gasteiger partial charge >= 0.3 is 0 Å². The van der Waals surface area contributed by atoms with Crippen molar-refractivity contribution < 1.29 is 0 Å². The van der Waals surface area contributed by atoms with Gasteiger partial charge in [-0.05, 0) is 82.0 Å². The summed E-state index contributed by atoms with van der Waals surface area (Å²) >= 11 is 0. The van der Waals surface area contributed by atoms with Gasteiger partial charge in [-0.15, -0.1) is 0 Å². The number of rotatable bonds is 5. The molecule has 4 rings (SSSR count). The lowest BCUT2D eigenvalue weighted by molar-refractivity contribution is 0.424. The van der Waals surface area contributed by atoms with Crippen molar-refractivity contribution in [3.8, 4) is 11.4 Å². The maximum absolute atomic E-state index is 5.05. The molecule has 0 atom stereocenters. The third kappa shape index (κ3) is 4.83. The Balaban J connectivity index is 1.80. The summed E-state index contributed by atoms with van der Waals surface area (Å²) in [6.07, 6.45) is 4.69. The molecule has 0 bridgehead atoms. The molecule has 0 unspecified atom stereocenters. The molecular weight excluding hydrogens is 382 g/mol. The molecule has 5 nitrogen and oxygen atoms in total. The zero-order valence-corrected chi connectivity index (χ0v) is 19.3. The lowest BCUT2D eigenvalue weighted by atomic mass is 10.0. The van der Waals surface area contributed by atoms with Crippen LogP contribution in [0, 0.1) is 20.8 Å². The molecule has 1 N–H and O–H groups in total. The number of aromatic nitrogens is 4. The van der Waals surface area contributed by atoms with Crippen molar-refractivity contribution >= 4 is 5.65 Å². The van der Waals surface area contributed by atoms with Gasteiger partial charge in [0, 0.05) is 30.9 Å². The van der Waals surface area contributed by atoms with Crippen LogP contribution in [0.1, 0.15) is 54.5 Å². The van der Waals surface area contributed by atoms with Crippen molar-refractivity contribution in [2.75, 3.05) is 0 Å². The summed E-state index contributed by atoms with van der Waals surface area (Å²) in [5, 5.41) is 3.56. The van der Waals surface area contributed by atoms with Gasteiger partial charge in [0.05, 0.1) is 17.1 Å². The third-order valence-corrected chi connectivity index (χ3v) is 5.55. The first-order valence-electron chi connectivity index (χ1n) is 10.8. The van der Waals surface area contributed by atoms with Gasteiger partial charge in [-0.1, -0.05) is 18.2 Å². The summed E-state index contributed by atoms with van der Waals surface area (Å²) in [5.74, 6) is 0.760. The fraction of sp³-hybridized carbons (Fsp3) is 0.346. The zero-order chi connectivity index (χ0) is 22.2. The predicted octanol–water partition coefficient (Wildman–Crippen LogP) is 5.20. The normalized spacial score (nSPS) is 11.9. The number of fused-ring (bicyclic) bond motifs is 1. The quantitative estimate of drug-likeness (QED) is 0.489.